The highest BCUT2D eigenvalue weighted by molar-refractivity contribution is 8.18. The van der Waals surface area contributed by atoms with Crippen LogP contribution in [0.4, 0.5) is 4.79 Å². The monoisotopic (exact) mass is 473 g/mol. The first-order valence-corrected chi connectivity index (χ1v) is 10.8. The van der Waals surface area contributed by atoms with E-state index in [1.54, 1.807) is 44.6 Å². The molecule has 32 heavy (non-hydrogen) atoms. The van der Waals surface area contributed by atoms with E-state index in [1.165, 1.54) is 0 Å². The zero-order valence-electron chi connectivity index (χ0n) is 17.5. The molecule has 0 spiro atoms. The first kappa shape index (κ1) is 22.1. The molecule has 2 amide bonds. The molecular weight excluding hydrogens is 454 g/mol. The molecule has 0 aromatic heterocycles. The van der Waals surface area contributed by atoms with Gasteiger partial charge in [-0.2, -0.15) is 0 Å². The van der Waals surface area contributed by atoms with Gasteiger partial charge in [-0.05, 0) is 53.6 Å². The van der Waals surface area contributed by atoms with Gasteiger partial charge < -0.3 is 18.9 Å². The molecule has 2 aliphatic heterocycles. The predicted octanol–water partition coefficient (Wildman–Crippen LogP) is 5.05. The number of methoxy groups -OCH3 is 2. The molecule has 166 valence electrons. The van der Waals surface area contributed by atoms with Crippen LogP contribution in [-0.4, -0.2) is 37.1 Å². The van der Waals surface area contributed by atoms with Crippen LogP contribution in [0.2, 0.25) is 5.02 Å². The van der Waals surface area contributed by atoms with E-state index in [0.29, 0.717) is 50.5 Å². The van der Waals surface area contributed by atoms with E-state index in [2.05, 4.69) is 6.58 Å². The number of amides is 2. The Balaban J connectivity index is 1.62. The number of imide groups is 1. The van der Waals surface area contributed by atoms with E-state index in [0.717, 1.165) is 22.2 Å². The number of benzene rings is 2. The quantitative estimate of drug-likeness (QED) is 0.411. The topological polar surface area (TPSA) is 74.3 Å². The molecule has 2 aromatic rings. The van der Waals surface area contributed by atoms with Gasteiger partial charge in [-0.3, -0.25) is 14.5 Å². The summed E-state index contributed by atoms with van der Waals surface area (Å²) >= 11 is 7.19. The third kappa shape index (κ3) is 4.16. The van der Waals surface area contributed by atoms with Crippen LogP contribution in [0.25, 0.3) is 6.08 Å². The molecule has 9 heteroatoms. The van der Waals surface area contributed by atoms with E-state index >= 15 is 0 Å². The molecule has 2 heterocycles. The van der Waals surface area contributed by atoms with Gasteiger partial charge in [-0.1, -0.05) is 17.7 Å². The number of fused-ring (bicyclic) bond motifs is 1. The molecule has 0 atom stereocenters. The molecule has 0 bridgehead atoms. The van der Waals surface area contributed by atoms with E-state index in [4.69, 9.17) is 30.5 Å². The third-order valence-electron chi connectivity index (χ3n) is 4.98. The van der Waals surface area contributed by atoms with Crippen LogP contribution in [0.3, 0.4) is 0 Å². The van der Waals surface area contributed by atoms with Crippen molar-refractivity contribution in [3.8, 4) is 23.0 Å². The highest BCUT2D eigenvalue weighted by Crippen LogP contribution is 2.40. The summed E-state index contributed by atoms with van der Waals surface area (Å²) in [5.74, 6) is 1.82. The largest absolute Gasteiger partial charge is 0.493 e. The summed E-state index contributed by atoms with van der Waals surface area (Å²) in [6.07, 6.45) is 3.98. The number of ether oxygens (including phenoxy) is 4. The lowest BCUT2D eigenvalue weighted by Crippen LogP contribution is -2.27. The number of halogens is 1. The molecule has 2 aliphatic rings. The predicted molar refractivity (Wildman–Crippen MR) is 123 cm³/mol. The fraction of sp³-hybridized carbons (Fsp3) is 0.217. The van der Waals surface area contributed by atoms with Crippen molar-refractivity contribution in [3.63, 3.8) is 0 Å². The SMILES string of the molecule is C=CCc1cc(/C=C2\SC(=O)N(Cc3cc4c(cc3Cl)OCO4)C2=O)cc(OC)c1OC. The summed E-state index contributed by atoms with van der Waals surface area (Å²) < 4.78 is 21.6. The van der Waals surface area contributed by atoms with Crippen LogP contribution in [0.1, 0.15) is 16.7 Å². The van der Waals surface area contributed by atoms with Crippen molar-refractivity contribution < 1.29 is 28.5 Å². The lowest BCUT2D eigenvalue weighted by Gasteiger charge is -2.14. The van der Waals surface area contributed by atoms with Gasteiger partial charge in [0.1, 0.15) is 0 Å². The molecule has 4 rings (SSSR count). The number of carbonyl (C=O) groups excluding carboxylic acids is 2. The van der Waals surface area contributed by atoms with E-state index in [-0.39, 0.29) is 18.6 Å². The normalized spacial score (nSPS) is 16.1. The number of rotatable bonds is 7. The number of carbonyl (C=O) groups is 2. The van der Waals surface area contributed by atoms with Gasteiger partial charge >= 0.3 is 0 Å². The van der Waals surface area contributed by atoms with Gasteiger partial charge in [0.2, 0.25) is 6.79 Å². The Morgan fingerprint density at radius 2 is 1.88 bits per heavy atom. The smallest absolute Gasteiger partial charge is 0.293 e. The van der Waals surface area contributed by atoms with Gasteiger partial charge in [-0.25, -0.2) is 0 Å². The maximum absolute atomic E-state index is 13.0. The van der Waals surface area contributed by atoms with Crippen molar-refractivity contribution >= 4 is 40.6 Å². The molecule has 0 unspecified atom stereocenters. The molecule has 2 aromatic carbocycles. The standard InChI is InChI=1S/C23H20ClNO6S/c1-4-5-14-6-13(7-19(28-2)21(14)29-3)8-20-22(26)25(23(27)32-20)11-15-9-17-18(10-16(15)24)31-12-30-17/h4,6-10H,1,5,11-12H2,2-3H3/b20-8-. The minimum Gasteiger partial charge on any atom is -0.493 e. The van der Waals surface area contributed by atoms with Gasteiger partial charge in [0.25, 0.3) is 11.1 Å². The van der Waals surface area contributed by atoms with Crippen molar-refractivity contribution in [2.45, 2.75) is 13.0 Å². The van der Waals surface area contributed by atoms with Crippen molar-refractivity contribution in [1.29, 1.82) is 0 Å². The molecule has 1 fully saturated rings. The molecule has 7 nitrogen and oxygen atoms in total. The number of hydrogen-bond acceptors (Lipinski definition) is 7. The summed E-state index contributed by atoms with van der Waals surface area (Å²) in [4.78, 5) is 27.1. The van der Waals surface area contributed by atoms with Gasteiger partial charge in [0.05, 0.1) is 25.7 Å². The van der Waals surface area contributed by atoms with Gasteiger partial charge in [-0.15, -0.1) is 6.58 Å². The average molecular weight is 474 g/mol. The zero-order valence-corrected chi connectivity index (χ0v) is 19.0. The fourth-order valence-electron chi connectivity index (χ4n) is 3.50. The Bertz CT molecular complexity index is 1150. The summed E-state index contributed by atoms with van der Waals surface area (Å²) in [6.45, 7) is 3.91. The maximum atomic E-state index is 13.0. The van der Waals surface area contributed by atoms with E-state index in [1.807, 2.05) is 6.07 Å². The highest BCUT2D eigenvalue weighted by Gasteiger charge is 2.36. The molecule has 1 saturated heterocycles. The number of thioether (sulfide) groups is 1. The molecule has 0 aliphatic carbocycles. The first-order chi connectivity index (χ1) is 15.4. The number of allylic oxidation sites excluding steroid dienone is 1. The molecule has 0 N–H and O–H groups in total. The molecule has 0 radical (unpaired) electrons. The van der Waals surface area contributed by atoms with E-state index in [9.17, 15) is 9.59 Å². The van der Waals surface area contributed by atoms with Crippen LogP contribution < -0.4 is 18.9 Å². The second-order valence-electron chi connectivity index (χ2n) is 6.97. The fourth-order valence-corrected chi connectivity index (χ4v) is 4.55. The minimum absolute atomic E-state index is 0.0329. The Morgan fingerprint density at radius 1 is 1.12 bits per heavy atom. The maximum Gasteiger partial charge on any atom is 0.293 e. The van der Waals surface area contributed by atoms with Crippen molar-refractivity contribution in [1.82, 2.24) is 4.90 Å². The van der Waals surface area contributed by atoms with Crippen molar-refractivity contribution in [2.24, 2.45) is 0 Å². The highest BCUT2D eigenvalue weighted by atomic mass is 35.5. The van der Waals surface area contributed by atoms with Crippen LogP contribution in [0.15, 0.2) is 41.8 Å². The summed E-state index contributed by atoms with van der Waals surface area (Å²) in [7, 11) is 3.11. The minimum atomic E-state index is -0.395. The Kier molecular flexibility index (Phi) is 6.34. The van der Waals surface area contributed by atoms with Crippen molar-refractivity contribution in [2.75, 3.05) is 21.0 Å². The van der Waals surface area contributed by atoms with Crippen molar-refractivity contribution in [3.05, 3.63) is 63.5 Å². The number of nitrogens with zero attached hydrogens (tertiary/aromatic N) is 1. The van der Waals surface area contributed by atoms with Crippen LogP contribution in [-0.2, 0) is 17.8 Å². The third-order valence-corrected chi connectivity index (χ3v) is 6.24. The molecule has 0 saturated carbocycles. The van der Waals surface area contributed by atoms with Gasteiger partial charge in [0, 0.05) is 16.7 Å². The van der Waals surface area contributed by atoms with Crippen LogP contribution in [0.5, 0.6) is 23.0 Å². The summed E-state index contributed by atoms with van der Waals surface area (Å²) in [5.41, 5.74) is 2.17. The first-order valence-electron chi connectivity index (χ1n) is 9.64. The Morgan fingerprint density at radius 3 is 2.56 bits per heavy atom. The average Bonchev–Trinajstić information content (AvgIpc) is 3.32. The lowest BCUT2D eigenvalue weighted by atomic mass is 10.0. The number of hydrogen-bond donors (Lipinski definition) is 0. The van der Waals surface area contributed by atoms with Crippen LogP contribution in [0, 0.1) is 0 Å². The zero-order chi connectivity index (χ0) is 22.8. The molecular formula is C23H20ClNO6S. The summed E-state index contributed by atoms with van der Waals surface area (Å²) in [6, 6.07) is 6.95. The Labute approximate surface area is 194 Å². The summed E-state index contributed by atoms with van der Waals surface area (Å²) in [5, 5.41) is 0.0213. The second-order valence-corrected chi connectivity index (χ2v) is 8.37. The second kappa shape index (κ2) is 9.18. The van der Waals surface area contributed by atoms with Crippen LogP contribution >= 0.6 is 23.4 Å². The lowest BCUT2D eigenvalue weighted by molar-refractivity contribution is -0.123. The Hall–Kier alpha value is -3.10. The van der Waals surface area contributed by atoms with Gasteiger partial charge in [0.15, 0.2) is 23.0 Å². The van der Waals surface area contributed by atoms with E-state index < -0.39 is 5.91 Å².